The van der Waals surface area contributed by atoms with E-state index in [1.54, 1.807) is 0 Å². The van der Waals surface area contributed by atoms with Gasteiger partial charge in [0, 0.05) is 33.7 Å². The minimum absolute atomic E-state index is 0.0209. The fourth-order valence-electron chi connectivity index (χ4n) is 14.5. The van der Waals surface area contributed by atoms with Gasteiger partial charge in [0.1, 0.15) is 5.58 Å². The van der Waals surface area contributed by atoms with E-state index in [1.807, 2.05) is 0 Å². The maximum absolute atomic E-state index is 7.80. The van der Waals surface area contributed by atoms with Crippen LogP contribution in [0.4, 0.5) is 34.1 Å². The lowest BCUT2D eigenvalue weighted by atomic mass is 9.35. The summed E-state index contributed by atoms with van der Waals surface area (Å²) in [5.74, 6) is 0. The van der Waals surface area contributed by atoms with Gasteiger partial charge in [-0.1, -0.05) is 146 Å². The van der Waals surface area contributed by atoms with Crippen LogP contribution < -0.4 is 26.4 Å². The maximum atomic E-state index is 7.80. The minimum atomic E-state index is -0.132. The molecule has 0 bridgehead atoms. The van der Waals surface area contributed by atoms with Crippen LogP contribution in [0.5, 0.6) is 0 Å². The molecule has 3 aliphatic carbocycles. The highest BCUT2D eigenvalue weighted by Gasteiger charge is 2.50. The van der Waals surface area contributed by atoms with Crippen LogP contribution in [0.1, 0.15) is 192 Å². The maximum Gasteiger partial charge on any atom is 0.297 e. The fraction of sp³-hybridized carbons (Fsp3) is 0.441. The molecule has 3 heterocycles. The Bertz CT molecular complexity index is 3440. The molecule has 4 heteroatoms. The number of hydrogen-bond acceptors (Lipinski definition) is 3. The monoisotopic (exact) mass is 951 g/mol. The fourth-order valence-corrected chi connectivity index (χ4v) is 14.5. The second-order valence-corrected chi connectivity index (χ2v) is 28.3. The second kappa shape index (κ2) is 15.1. The number of anilines is 6. The zero-order chi connectivity index (χ0) is 51.2. The van der Waals surface area contributed by atoms with E-state index in [1.165, 1.54) is 124 Å². The van der Waals surface area contributed by atoms with Gasteiger partial charge in [-0.25, -0.2) is 0 Å². The van der Waals surface area contributed by atoms with Crippen LogP contribution in [0.15, 0.2) is 101 Å². The van der Waals surface area contributed by atoms with E-state index in [0.717, 1.165) is 36.9 Å². The number of furan rings is 1. The lowest BCUT2D eigenvalue weighted by Gasteiger charge is -2.47. The highest BCUT2D eigenvalue weighted by atomic mass is 16.3. The van der Waals surface area contributed by atoms with Crippen LogP contribution in [-0.2, 0) is 37.9 Å². The van der Waals surface area contributed by atoms with Crippen molar-refractivity contribution in [2.75, 3.05) is 9.80 Å². The van der Waals surface area contributed by atoms with Crippen LogP contribution >= 0.6 is 0 Å². The van der Waals surface area contributed by atoms with Gasteiger partial charge >= 0.3 is 0 Å². The van der Waals surface area contributed by atoms with E-state index >= 15 is 0 Å². The SMILES string of the molecule is Cc1cc2c3c(c1)N(c1cc(C)c(C(C)(C)C)cc1-c1ccccc1)c1c(oc4cc5c(cc14)C(C)(C)CCC5(C)C)B3c1cc3c(cc1N2c1ccc2c(c1)C(C)(C)CCC2(C)C)C(C)(C)CCC3(C)C. The van der Waals surface area contributed by atoms with Gasteiger partial charge in [-0.3, -0.25) is 0 Å². The Morgan fingerprint density at radius 2 is 1.00 bits per heavy atom. The summed E-state index contributed by atoms with van der Waals surface area (Å²) < 4.78 is 7.80. The average molecular weight is 951 g/mol. The number of nitrogens with zero attached hydrogens (tertiary/aromatic N) is 2. The number of aryl methyl sites for hydroxylation is 2. The third-order valence-electron chi connectivity index (χ3n) is 19.3. The Labute approximate surface area is 432 Å². The van der Waals surface area contributed by atoms with Crippen LogP contribution in [0, 0.1) is 13.8 Å². The first-order valence-corrected chi connectivity index (χ1v) is 27.5. The molecule has 0 radical (unpaired) electrons. The smallest absolute Gasteiger partial charge is 0.297 e. The largest absolute Gasteiger partial charge is 0.468 e. The molecule has 7 aromatic rings. The van der Waals surface area contributed by atoms with Gasteiger partial charge in [0.05, 0.1) is 17.0 Å². The molecule has 1 aromatic heterocycles. The molecule has 0 unspecified atom stereocenters. The molecule has 2 aliphatic heterocycles. The zero-order valence-corrected chi connectivity index (χ0v) is 46.9. The van der Waals surface area contributed by atoms with Crippen molar-refractivity contribution in [1.29, 1.82) is 0 Å². The number of fused-ring (bicyclic) bond motifs is 9. The first-order valence-electron chi connectivity index (χ1n) is 27.5. The normalized spacial score (nSPS) is 20.3. The van der Waals surface area contributed by atoms with E-state index in [9.17, 15) is 0 Å². The topological polar surface area (TPSA) is 19.6 Å². The van der Waals surface area contributed by atoms with Crippen molar-refractivity contribution in [2.45, 2.75) is 194 Å². The Hall–Kier alpha value is -5.48. The van der Waals surface area contributed by atoms with Crippen LogP contribution in [0.3, 0.4) is 0 Å². The molecule has 6 aromatic carbocycles. The first kappa shape index (κ1) is 47.5. The minimum Gasteiger partial charge on any atom is -0.468 e. The predicted octanol–water partition coefficient (Wildman–Crippen LogP) is 17.1. The van der Waals surface area contributed by atoms with Gasteiger partial charge < -0.3 is 14.2 Å². The Morgan fingerprint density at radius 3 is 1.58 bits per heavy atom. The van der Waals surface area contributed by atoms with Gasteiger partial charge in [0.25, 0.3) is 6.71 Å². The summed E-state index contributed by atoms with van der Waals surface area (Å²) in [6.45, 7) is 41.2. The molecule has 0 spiro atoms. The Morgan fingerprint density at radius 1 is 0.486 bits per heavy atom. The molecule has 5 aliphatic rings. The summed E-state index contributed by atoms with van der Waals surface area (Å²) in [7, 11) is 0. The molecule has 72 heavy (non-hydrogen) atoms. The van der Waals surface area contributed by atoms with E-state index in [4.69, 9.17) is 4.42 Å². The number of benzene rings is 6. The van der Waals surface area contributed by atoms with E-state index in [0.29, 0.717) is 0 Å². The van der Waals surface area contributed by atoms with E-state index < -0.39 is 0 Å². The molecule has 0 amide bonds. The lowest BCUT2D eigenvalue weighted by Crippen LogP contribution is -2.61. The van der Waals surface area contributed by atoms with E-state index in [2.05, 4.69) is 225 Å². The van der Waals surface area contributed by atoms with Crippen molar-refractivity contribution in [2.24, 2.45) is 0 Å². The summed E-state index contributed by atoms with van der Waals surface area (Å²) >= 11 is 0. The lowest BCUT2D eigenvalue weighted by molar-refractivity contribution is 0.332. The molecule has 0 saturated carbocycles. The Kier molecular flexibility index (Phi) is 9.95. The molecular formula is C68H79BN2O. The van der Waals surface area contributed by atoms with Crippen molar-refractivity contribution in [3.63, 3.8) is 0 Å². The molecule has 370 valence electrons. The third kappa shape index (κ3) is 6.88. The van der Waals surface area contributed by atoms with Crippen molar-refractivity contribution in [3.8, 4) is 11.1 Å². The van der Waals surface area contributed by atoms with Crippen molar-refractivity contribution >= 4 is 68.4 Å². The van der Waals surface area contributed by atoms with Crippen molar-refractivity contribution in [1.82, 2.24) is 0 Å². The molecule has 3 nitrogen and oxygen atoms in total. The van der Waals surface area contributed by atoms with Crippen LogP contribution in [0.25, 0.3) is 22.1 Å². The highest BCUT2D eigenvalue weighted by molar-refractivity contribution is 7.00. The van der Waals surface area contributed by atoms with Gasteiger partial charge in [-0.05, 0) is 211 Å². The first-order chi connectivity index (χ1) is 33.6. The highest BCUT2D eigenvalue weighted by Crippen LogP contribution is 2.56. The molecule has 0 N–H and O–H groups in total. The molecular weight excluding hydrogens is 872 g/mol. The summed E-state index contributed by atoms with van der Waals surface area (Å²) in [6, 6.07) is 39.1. The number of rotatable bonds is 3. The quantitative estimate of drug-likeness (QED) is 0.165. The van der Waals surface area contributed by atoms with Gasteiger partial charge in [-0.15, -0.1) is 0 Å². The predicted molar refractivity (Wildman–Crippen MR) is 310 cm³/mol. The van der Waals surface area contributed by atoms with E-state index in [-0.39, 0.29) is 44.6 Å². The Balaban J connectivity index is 1.24. The van der Waals surface area contributed by atoms with Gasteiger partial charge in [0.2, 0.25) is 0 Å². The van der Waals surface area contributed by atoms with Crippen LogP contribution in [0.2, 0.25) is 0 Å². The van der Waals surface area contributed by atoms with Crippen LogP contribution in [-0.4, -0.2) is 6.71 Å². The summed E-state index contributed by atoms with van der Waals surface area (Å²) in [5.41, 5.74) is 27.6. The second-order valence-electron chi connectivity index (χ2n) is 28.3. The standard InChI is InChI=1S/C68H79BN2O/c1-40-31-56-59-57(32-40)71(54-33-41(2)47(62(3,4)5)35-44(54)42-21-19-18-20-22-42)60-45-36-49-52(68(16,17)30-27-65(49,10)11)39-58(45)72-61(60)69(59)53-37-50-51(67(14,15)29-28-66(50,12)13)38-55(53)70(56)43-23-24-46-48(34-43)64(8,9)26-25-63(46,6)7/h18-24,31-39H,25-30H2,1-17H3. The molecule has 0 fully saturated rings. The summed E-state index contributed by atoms with van der Waals surface area (Å²) in [6.07, 6.45) is 6.99. The number of hydrogen-bond donors (Lipinski definition) is 0. The zero-order valence-electron chi connectivity index (χ0n) is 46.9. The van der Waals surface area contributed by atoms with Crippen molar-refractivity contribution in [3.05, 3.63) is 147 Å². The average Bonchev–Trinajstić information content (AvgIpc) is 3.68. The summed E-state index contributed by atoms with van der Waals surface area (Å²) in [4.78, 5) is 5.36. The third-order valence-corrected chi connectivity index (χ3v) is 19.3. The molecule has 12 rings (SSSR count). The van der Waals surface area contributed by atoms with Gasteiger partial charge in [-0.2, -0.15) is 0 Å². The van der Waals surface area contributed by atoms with Gasteiger partial charge in [0.15, 0.2) is 0 Å². The molecule has 0 saturated heterocycles. The molecule has 0 atom stereocenters. The van der Waals surface area contributed by atoms with Crippen molar-refractivity contribution < 1.29 is 4.42 Å². The summed E-state index contributed by atoms with van der Waals surface area (Å²) in [5, 5.41) is 1.21.